The Balaban J connectivity index is 3.03. The van der Waals surface area contributed by atoms with Gasteiger partial charge in [-0.1, -0.05) is 23.2 Å². The number of pyridine rings is 1. The molecule has 0 fully saturated rings. The Morgan fingerprint density at radius 3 is 2.69 bits per heavy atom. The maximum absolute atomic E-state index is 10.5. The fourth-order valence-electron chi connectivity index (χ4n) is 0.749. The number of carboxylic acid groups (broad SMARTS) is 1. The number of carbonyl (C=O) groups is 1. The fourth-order valence-corrected chi connectivity index (χ4v) is 1.03. The van der Waals surface area contributed by atoms with E-state index in [0.717, 1.165) is 0 Å². The zero-order valence-electron chi connectivity index (χ0n) is 6.37. The van der Waals surface area contributed by atoms with Crippen molar-refractivity contribution in [3.05, 3.63) is 28.0 Å². The first-order valence-corrected chi connectivity index (χ1v) is 4.07. The van der Waals surface area contributed by atoms with Crippen molar-refractivity contribution in [1.29, 1.82) is 0 Å². The lowest BCUT2D eigenvalue weighted by Gasteiger charge is -2.06. The quantitative estimate of drug-likeness (QED) is 0.741. The van der Waals surface area contributed by atoms with Gasteiger partial charge in [0, 0.05) is 6.20 Å². The molecular weight excluding hydrogens is 215 g/mol. The second kappa shape index (κ2) is 3.91. The minimum absolute atomic E-state index is 0.128. The van der Waals surface area contributed by atoms with Crippen LogP contribution >= 0.6 is 23.2 Å². The van der Waals surface area contributed by atoms with Gasteiger partial charge in [-0.3, -0.25) is 4.79 Å². The van der Waals surface area contributed by atoms with Gasteiger partial charge in [0.1, 0.15) is 11.2 Å². The summed E-state index contributed by atoms with van der Waals surface area (Å²) < 4.78 is 0. The number of hydrogen-bond acceptors (Lipinski definition) is 3. The van der Waals surface area contributed by atoms with Gasteiger partial charge in [-0.15, -0.1) is 0 Å². The Bertz CT molecular complexity index is 343. The van der Waals surface area contributed by atoms with Gasteiger partial charge in [-0.2, -0.15) is 0 Å². The molecule has 4 nitrogen and oxygen atoms in total. The van der Waals surface area contributed by atoms with Gasteiger partial charge < -0.3 is 10.8 Å². The number of hydrogen-bond donors (Lipinski definition) is 2. The van der Waals surface area contributed by atoms with Crippen LogP contribution in [0.2, 0.25) is 10.2 Å². The molecule has 0 bridgehead atoms. The Morgan fingerprint density at radius 2 is 2.23 bits per heavy atom. The first kappa shape index (κ1) is 10.2. The van der Waals surface area contributed by atoms with Crippen molar-refractivity contribution in [2.45, 2.75) is 6.04 Å². The summed E-state index contributed by atoms with van der Waals surface area (Å²) in [6.07, 6.45) is 1.28. The molecule has 0 saturated carbocycles. The summed E-state index contributed by atoms with van der Waals surface area (Å²) in [4.78, 5) is 14.1. The van der Waals surface area contributed by atoms with Crippen molar-refractivity contribution >= 4 is 29.2 Å². The van der Waals surface area contributed by atoms with E-state index in [-0.39, 0.29) is 10.2 Å². The van der Waals surface area contributed by atoms with Crippen molar-refractivity contribution in [2.24, 2.45) is 5.73 Å². The van der Waals surface area contributed by atoms with E-state index >= 15 is 0 Å². The predicted molar refractivity (Wildman–Crippen MR) is 48.8 cm³/mol. The SMILES string of the molecule is NC(C(=O)O)c1cnc(Cl)c(Cl)c1. The van der Waals surface area contributed by atoms with Crippen LogP contribution in [0.3, 0.4) is 0 Å². The molecule has 1 rings (SSSR count). The van der Waals surface area contributed by atoms with Gasteiger partial charge in [0.05, 0.1) is 5.02 Å². The summed E-state index contributed by atoms with van der Waals surface area (Å²) in [6.45, 7) is 0. The Labute approximate surface area is 84.3 Å². The smallest absolute Gasteiger partial charge is 0.325 e. The number of carboxylic acids is 1. The Morgan fingerprint density at radius 1 is 1.62 bits per heavy atom. The highest BCUT2D eigenvalue weighted by molar-refractivity contribution is 6.41. The van der Waals surface area contributed by atoms with E-state index in [4.69, 9.17) is 34.0 Å². The summed E-state index contributed by atoms with van der Waals surface area (Å²) in [5.41, 5.74) is 5.64. The number of nitrogens with zero attached hydrogens (tertiary/aromatic N) is 1. The monoisotopic (exact) mass is 220 g/mol. The summed E-state index contributed by atoms with van der Waals surface area (Å²) in [5.74, 6) is -1.14. The molecule has 0 aromatic carbocycles. The minimum Gasteiger partial charge on any atom is -0.480 e. The second-order valence-corrected chi connectivity index (χ2v) is 3.12. The molecule has 1 aromatic rings. The number of rotatable bonds is 2. The predicted octanol–water partition coefficient (Wildman–Crippen LogP) is 1.47. The molecular formula is C7H6Cl2N2O2. The van der Waals surface area contributed by atoms with E-state index in [1.807, 2.05) is 0 Å². The van der Waals surface area contributed by atoms with Gasteiger partial charge in [-0.05, 0) is 11.6 Å². The summed E-state index contributed by atoms with van der Waals surface area (Å²) >= 11 is 11.2. The minimum atomic E-state index is -1.14. The van der Waals surface area contributed by atoms with Crippen molar-refractivity contribution < 1.29 is 9.90 Å². The largest absolute Gasteiger partial charge is 0.480 e. The van der Waals surface area contributed by atoms with Crippen molar-refractivity contribution in [1.82, 2.24) is 4.98 Å². The van der Waals surface area contributed by atoms with Crippen LogP contribution in [0.15, 0.2) is 12.3 Å². The number of aromatic nitrogens is 1. The van der Waals surface area contributed by atoms with Gasteiger partial charge in [0.25, 0.3) is 0 Å². The molecule has 0 amide bonds. The summed E-state index contributed by atoms with van der Waals surface area (Å²) in [6, 6.07) is 0.262. The normalized spacial score (nSPS) is 12.5. The van der Waals surface area contributed by atoms with E-state index in [2.05, 4.69) is 4.98 Å². The highest BCUT2D eigenvalue weighted by atomic mass is 35.5. The number of halogens is 2. The molecule has 0 aliphatic carbocycles. The van der Waals surface area contributed by atoms with E-state index in [1.165, 1.54) is 12.3 Å². The summed E-state index contributed by atoms with van der Waals surface area (Å²) in [7, 11) is 0. The number of aliphatic carboxylic acids is 1. The molecule has 1 unspecified atom stereocenters. The van der Waals surface area contributed by atoms with Gasteiger partial charge in [-0.25, -0.2) is 4.98 Å². The van der Waals surface area contributed by atoms with E-state index in [9.17, 15) is 4.79 Å². The average Bonchev–Trinajstić information content (AvgIpc) is 2.08. The Hall–Kier alpha value is -0.840. The van der Waals surface area contributed by atoms with Crippen LogP contribution in [0, 0.1) is 0 Å². The molecule has 0 saturated heterocycles. The van der Waals surface area contributed by atoms with E-state index in [1.54, 1.807) is 0 Å². The van der Waals surface area contributed by atoms with Crippen LogP contribution in [0.4, 0.5) is 0 Å². The van der Waals surface area contributed by atoms with Crippen molar-refractivity contribution in [3.8, 4) is 0 Å². The second-order valence-electron chi connectivity index (χ2n) is 2.36. The van der Waals surface area contributed by atoms with Crippen LogP contribution in [-0.4, -0.2) is 16.1 Å². The van der Waals surface area contributed by atoms with Gasteiger partial charge in [0.2, 0.25) is 0 Å². The van der Waals surface area contributed by atoms with E-state index in [0.29, 0.717) is 5.56 Å². The lowest BCUT2D eigenvalue weighted by atomic mass is 10.1. The van der Waals surface area contributed by atoms with Crippen LogP contribution in [-0.2, 0) is 4.79 Å². The lowest BCUT2D eigenvalue weighted by Crippen LogP contribution is -2.20. The highest BCUT2D eigenvalue weighted by Gasteiger charge is 2.15. The molecule has 6 heteroatoms. The molecule has 0 radical (unpaired) electrons. The van der Waals surface area contributed by atoms with Crippen LogP contribution in [0.1, 0.15) is 11.6 Å². The lowest BCUT2D eigenvalue weighted by molar-refractivity contribution is -0.138. The van der Waals surface area contributed by atoms with Gasteiger partial charge in [0.15, 0.2) is 0 Å². The molecule has 1 aromatic heterocycles. The highest BCUT2D eigenvalue weighted by Crippen LogP contribution is 2.22. The van der Waals surface area contributed by atoms with Gasteiger partial charge >= 0.3 is 5.97 Å². The Kier molecular flexibility index (Phi) is 3.08. The first-order chi connectivity index (χ1) is 6.02. The first-order valence-electron chi connectivity index (χ1n) is 3.31. The standard InChI is InChI=1S/C7H6Cl2N2O2/c8-4-1-3(2-11-6(4)9)5(10)7(12)13/h1-2,5H,10H2,(H,12,13). The molecule has 13 heavy (non-hydrogen) atoms. The van der Waals surface area contributed by atoms with Crippen LogP contribution in [0.5, 0.6) is 0 Å². The van der Waals surface area contributed by atoms with Crippen LogP contribution < -0.4 is 5.73 Å². The maximum atomic E-state index is 10.5. The zero-order valence-corrected chi connectivity index (χ0v) is 7.88. The number of nitrogens with two attached hydrogens (primary N) is 1. The fraction of sp³-hybridized carbons (Fsp3) is 0.143. The molecule has 70 valence electrons. The third kappa shape index (κ3) is 2.30. The third-order valence-corrected chi connectivity index (χ3v) is 2.13. The zero-order chi connectivity index (χ0) is 10.0. The average molecular weight is 221 g/mol. The summed E-state index contributed by atoms with van der Waals surface area (Å²) in [5, 5.41) is 8.89. The van der Waals surface area contributed by atoms with E-state index < -0.39 is 12.0 Å². The third-order valence-electron chi connectivity index (χ3n) is 1.44. The maximum Gasteiger partial charge on any atom is 0.325 e. The molecule has 3 N–H and O–H groups in total. The molecule has 0 spiro atoms. The topological polar surface area (TPSA) is 76.2 Å². The molecule has 1 atom stereocenters. The van der Waals surface area contributed by atoms with Crippen molar-refractivity contribution in [3.63, 3.8) is 0 Å². The molecule has 1 heterocycles. The molecule has 0 aliphatic rings. The van der Waals surface area contributed by atoms with Crippen molar-refractivity contribution in [2.75, 3.05) is 0 Å². The molecule has 0 aliphatic heterocycles. The van der Waals surface area contributed by atoms with Crippen LogP contribution in [0.25, 0.3) is 0 Å².